The SMILES string of the molecule is COc1ccc(-c2cc(C(=O)N3CC4C[C@@H](C3)Cn3c4ccc(N([O-])O)c3=O)[nH]n2)cc1OC. The number of aromatic nitrogens is 3. The number of rotatable bonds is 5. The first-order valence-corrected chi connectivity index (χ1v) is 10.9. The summed E-state index contributed by atoms with van der Waals surface area (Å²) in [5.74, 6) is 1.03. The Morgan fingerprint density at radius 2 is 1.94 bits per heavy atom. The van der Waals surface area contributed by atoms with Crippen molar-refractivity contribution in [1.29, 1.82) is 0 Å². The predicted molar refractivity (Wildman–Crippen MR) is 122 cm³/mol. The molecule has 2 atom stereocenters. The van der Waals surface area contributed by atoms with Gasteiger partial charge in [-0.25, -0.2) is 0 Å². The fraction of sp³-hybridized carbons (Fsp3) is 0.348. The number of hydrogen-bond donors (Lipinski definition) is 2. The third-order valence-corrected chi connectivity index (χ3v) is 6.57. The van der Waals surface area contributed by atoms with Crippen molar-refractivity contribution in [3.8, 4) is 22.8 Å². The van der Waals surface area contributed by atoms with E-state index in [-0.39, 0.29) is 23.4 Å². The fourth-order valence-corrected chi connectivity index (χ4v) is 4.99. The van der Waals surface area contributed by atoms with Crippen LogP contribution in [0.15, 0.2) is 41.2 Å². The second kappa shape index (κ2) is 8.50. The molecule has 1 unspecified atom stereocenters. The maximum Gasteiger partial charge on any atom is 0.275 e. The lowest BCUT2D eigenvalue weighted by atomic mass is 9.83. The molecule has 1 fully saturated rings. The summed E-state index contributed by atoms with van der Waals surface area (Å²) < 4.78 is 12.2. The second-order valence-electron chi connectivity index (χ2n) is 8.58. The number of H-pyrrole nitrogens is 1. The lowest BCUT2D eigenvalue weighted by Crippen LogP contribution is -2.49. The minimum Gasteiger partial charge on any atom is -0.733 e. The predicted octanol–water partition coefficient (Wildman–Crippen LogP) is 2.21. The van der Waals surface area contributed by atoms with Crippen molar-refractivity contribution in [2.75, 3.05) is 32.5 Å². The van der Waals surface area contributed by atoms with Gasteiger partial charge in [0.2, 0.25) is 0 Å². The van der Waals surface area contributed by atoms with E-state index in [1.807, 2.05) is 6.07 Å². The molecule has 34 heavy (non-hydrogen) atoms. The minimum absolute atomic E-state index is 0.0368. The second-order valence-corrected chi connectivity index (χ2v) is 8.58. The average molecular weight is 466 g/mol. The Bertz CT molecular complexity index is 1300. The van der Waals surface area contributed by atoms with E-state index in [0.717, 1.165) is 17.7 Å². The van der Waals surface area contributed by atoms with Gasteiger partial charge in [0.15, 0.2) is 11.5 Å². The Kier molecular flexibility index (Phi) is 5.50. The van der Waals surface area contributed by atoms with Crippen LogP contribution in [0.5, 0.6) is 11.5 Å². The van der Waals surface area contributed by atoms with E-state index in [9.17, 15) is 20.0 Å². The van der Waals surface area contributed by atoms with Crippen LogP contribution in [0.25, 0.3) is 11.3 Å². The molecular weight excluding hydrogens is 442 g/mol. The largest absolute Gasteiger partial charge is 0.733 e. The first-order chi connectivity index (χ1) is 16.4. The lowest BCUT2D eigenvalue weighted by molar-refractivity contribution is 0.0588. The molecule has 11 nitrogen and oxygen atoms in total. The summed E-state index contributed by atoms with van der Waals surface area (Å²) in [6, 6.07) is 10.1. The van der Waals surface area contributed by atoms with Gasteiger partial charge in [-0.3, -0.25) is 19.9 Å². The molecule has 5 rings (SSSR count). The van der Waals surface area contributed by atoms with Crippen LogP contribution in [-0.2, 0) is 6.54 Å². The molecule has 11 heteroatoms. The Labute approximate surface area is 194 Å². The average Bonchev–Trinajstić information content (AvgIpc) is 3.33. The van der Waals surface area contributed by atoms with Gasteiger partial charge >= 0.3 is 0 Å². The number of methoxy groups -OCH3 is 2. The molecule has 2 bridgehead atoms. The van der Waals surface area contributed by atoms with Gasteiger partial charge in [0.25, 0.3) is 11.5 Å². The molecule has 178 valence electrons. The molecule has 3 aromatic rings. The van der Waals surface area contributed by atoms with E-state index in [4.69, 9.17) is 9.47 Å². The number of benzene rings is 1. The monoisotopic (exact) mass is 466 g/mol. The van der Waals surface area contributed by atoms with E-state index in [1.54, 1.807) is 48.0 Å². The van der Waals surface area contributed by atoms with Gasteiger partial charge in [-0.1, -0.05) is 0 Å². The third kappa shape index (κ3) is 3.68. The molecule has 4 heterocycles. The first-order valence-electron chi connectivity index (χ1n) is 10.9. The molecule has 2 N–H and O–H groups in total. The molecule has 1 aromatic carbocycles. The summed E-state index contributed by atoms with van der Waals surface area (Å²) in [7, 11) is 3.12. The van der Waals surface area contributed by atoms with Gasteiger partial charge in [-0.2, -0.15) is 5.10 Å². The number of pyridine rings is 1. The van der Waals surface area contributed by atoms with E-state index < -0.39 is 10.8 Å². The van der Waals surface area contributed by atoms with Crippen molar-refractivity contribution in [1.82, 2.24) is 19.7 Å². The zero-order valence-corrected chi connectivity index (χ0v) is 18.7. The number of likely N-dealkylation sites (tertiary alicyclic amines) is 1. The van der Waals surface area contributed by atoms with E-state index in [2.05, 4.69) is 10.2 Å². The molecule has 1 amide bonds. The molecular formula is C23H24N5O6-. The van der Waals surface area contributed by atoms with Gasteiger partial charge < -0.3 is 29.4 Å². The summed E-state index contributed by atoms with van der Waals surface area (Å²) in [6.45, 7) is 1.31. The summed E-state index contributed by atoms with van der Waals surface area (Å²) in [5, 5.41) is 27.2. The van der Waals surface area contributed by atoms with Gasteiger partial charge in [0, 0.05) is 36.8 Å². The molecule has 2 aromatic heterocycles. The van der Waals surface area contributed by atoms with Crippen LogP contribution < -0.4 is 20.3 Å². The highest BCUT2D eigenvalue weighted by molar-refractivity contribution is 5.93. The summed E-state index contributed by atoms with van der Waals surface area (Å²) >= 11 is 0. The number of carbonyl (C=O) groups is 1. The first kappa shape index (κ1) is 22.0. The number of nitrogens with one attached hydrogen (secondary N) is 1. The number of fused-ring (bicyclic) bond motifs is 4. The quantitative estimate of drug-likeness (QED) is 0.546. The van der Waals surface area contributed by atoms with E-state index >= 15 is 0 Å². The third-order valence-electron chi connectivity index (χ3n) is 6.57. The van der Waals surface area contributed by atoms with E-state index in [1.165, 1.54) is 6.07 Å². The molecule has 0 aliphatic carbocycles. The number of nitrogens with zero attached hydrogens (tertiary/aromatic N) is 4. The molecule has 0 radical (unpaired) electrons. The number of hydrogen-bond acceptors (Lipinski definition) is 8. The number of aromatic amines is 1. The van der Waals surface area contributed by atoms with Crippen molar-refractivity contribution >= 4 is 11.6 Å². The molecule has 2 aliphatic heterocycles. The van der Waals surface area contributed by atoms with Gasteiger partial charge in [0.1, 0.15) is 11.4 Å². The van der Waals surface area contributed by atoms with Crippen molar-refractivity contribution in [3.63, 3.8) is 0 Å². The van der Waals surface area contributed by atoms with Gasteiger partial charge in [-0.05, 0) is 48.7 Å². The number of ether oxygens (including phenoxy) is 2. The molecule has 2 aliphatic rings. The zero-order chi connectivity index (χ0) is 24.0. The van der Waals surface area contributed by atoms with Crippen molar-refractivity contribution in [2.24, 2.45) is 5.92 Å². The smallest absolute Gasteiger partial charge is 0.275 e. The van der Waals surface area contributed by atoms with Crippen LogP contribution in [0.3, 0.4) is 0 Å². The number of carbonyl (C=O) groups excluding carboxylic acids is 1. The topological polar surface area (TPSA) is 136 Å². The summed E-state index contributed by atoms with van der Waals surface area (Å²) in [4.78, 5) is 27.7. The Morgan fingerprint density at radius 3 is 2.68 bits per heavy atom. The van der Waals surface area contributed by atoms with Crippen molar-refractivity contribution in [2.45, 2.75) is 18.9 Å². The van der Waals surface area contributed by atoms with Crippen LogP contribution in [-0.4, -0.2) is 58.1 Å². The summed E-state index contributed by atoms with van der Waals surface area (Å²) in [5.41, 5.74) is 1.70. The number of anilines is 1. The molecule has 1 saturated heterocycles. The van der Waals surface area contributed by atoms with Crippen LogP contribution in [0, 0.1) is 11.1 Å². The minimum atomic E-state index is -0.516. The lowest BCUT2D eigenvalue weighted by Gasteiger charge is -2.43. The highest BCUT2D eigenvalue weighted by Gasteiger charge is 2.37. The maximum absolute atomic E-state index is 13.3. The van der Waals surface area contributed by atoms with Crippen molar-refractivity contribution in [3.05, 3.63) is 63.3 Å². The normalized spacial score (nSPS) is 18.9. The fourth-order valence-electron chi connectivity index (χ4n) is 4.99. The Morgan fingerprint density at radius 1 is 1.15 bits per heavy atom. The summed E-state index contributed by atoms with van der Waals surface area (Å²) in [6.07, 6.45) is 0.850. The maximum atomic E-state index is 13.3. The van der Waals surface area contributed by atoms with Crippen molar-refractivity contribution < 1.29 is 19.5 Å². The van der Waals surface area contributed by atoms with E-state index in [0.29, 0.717) is 42.5 Å². The zero-order valence-electron chi connectivity index (χ0n) is 18.7. The Balaban J connectivity index is 1.37. The molecule has 0 saturated carbocycles. The standard InChI is InChI=1S/C23H24N5O6/c1-33-20-6-3-14(8-21(20)34-2)16-9-17(25-24-16)22(29)26-10-13-7-15(12-26)18-4-5-19(28(31)32)23(30)27(18)11-13/h3-6,8-9,13,15,31H,7,10-12H2,1-2H3,(H,24,25)/q-1/t13-,15?/m0/s1. The highest BCUT2D eigenvalue weighted by Crippen LogP contribution is 2.36. The van der Waals surface area contributed by atoms with Crippen LogP contribution in [0.2, 0.25) is 0 Å². The number of amides is 1. The van der Waals surface area contributed by atoms with Gasteiger partial charge in [-0.15, -0.1) is 0 Å². The van der Waals surface area contributed by atoms with Crippen LogP contribution in [0.1, 0.15) is 28.5 Å². The Hall–Kier alpha value is -3.83. The van der Waals surface area contributed by atoms with Gasteiger partial charge in [0.05, 0.1) is 19.9 Å². The van der Waals surface area contributed by atoms with Crippen LogP contribution in [0.4, 0.5) is 5.69 Å². The van der Waals surface area contributed by atoms with Crippen LogP contribution >= 0.6 is 0 Å². The highest BCUT2D eigenvalue weighted by atomic mass is 16.8. The molecule has 0 spiro atoms. The number of piperidine rings is 1.